The molecule has 9 heavy (non-hydrogen) atoms. The minimum atomic E-state index is -0.274. The van der Waals surface area contributed by atoms with Crippen molar-refractivity contribution in [3.8, 4) is 0 Å². The molecule has 0 rings (SSSR count). The van der Waals surface area contributed by atoms with Crippen LogP contribution < -0.4 is 0 Å². The Morgan fingerprint density at radius 2 is 2.11 bits per heavy atom. The highest BCUT2D eigenvalue weighted by Gasteiger charge is 1.85. The van der Waals surface area contributed by atoms with E-state index in [1.165, 1.54) is 12.3 Å². The smallest absolute Gasteiger partial charge is 0.136 e. The first kappa shape index (κ1) is 8.34. The molecule has 0 saturated carbocycles. The summed E-state index contributed by atoms with van der Waals surface area (Å²) in [5, 5.41) is 0. The van der Waals surface area contributed by atoms with E-state index in [1.807, 2.05) is 13.8 Å². The average Bonchev–Trinajstić information content (AvgIpc) is 1.83. The Labute approximate surface area is 55.3 Å². The Balaban J connectivity index is 3.71. The zero-order valence-corrected chi connectivity index (χ0v) is 6.06. The Hall–Kier alpha value is -0.660. The fourth-order valence-corrected chi connectivity index (χ4v) is 0.295. The van der Waals surface area contributed by atoms with Crippen LogP contribution in [0.5, 0.6) is 0 Å². The molecule has 0 amide bonds. The molecule has 0 radical (unpaired) electrons. The highest BCUT2D eigenvalue weighted by molar-refractivity contribution is 5.75. The van der Waals surface area contributed by atoms with Gasteiger partial charge < -0.3 is 0 Å². The summed E-state index contributed by atoms with van der Waals surface area (Å²) in [5.74, 6) is -0.274. The first-order valence-corrected chi connectivity index (χ1v) is 3.01. The molecule has 0 aromatic rings. The van der Waals surface area contributed by atoms with Gasteiger partial charge >= 0.3 is 0 Å². The van der Waals surface area contributed by atoms with Gasteiger partial charge in [0.05, 0.1) is 6.21 Å². The van der Waals surface area contributed by atoms with Gasteiger partial charge in [-0.3, -0.25) is 4.99 Å². The molecular weight excluding hydrogens is 117 g/mol. The van der Waals surface area contributed by atoms with Crippen molar-refractivity contribution < 1.29 is 4.39 Å². The van der Waals surface area contributed by atoms with E-state index in [0.29, 0.717) is 0 Å². The maximum Gasteiger partial charge on any atom is 0.136 e. The fourth-order valence-electron chi connectivity index (χ4n) is 0.295. The van der Waals surface area contributed by atoms with Gasteiger partial charge in [0.25, 0.3) is 0 Å². The maximum atomic E-state index is 12.2. The van der Waals surface area contributed by atoms with Crippen LogP contribution in [0.4, 0.5) is 4.39 Å². The summed E-state index contributed by atoms with van der Waals surface area (Å²) in [6.07, 6.45) is 2.62. The third-order valence-electron chi connectivity index (χ3n) is 0.772. The van der Waals surface area contributed by atoms with E-state index in [2.05, 4.69) is 4.99 Å². The lowest BCUT2D eigenvalue weighted by atomic mass is 10.4. The molecular formula is C7H12FN. The van der Waals surface area contributed by atoms with Crippen molar-refractivity contribution in [3.05, 3.63) is 11.9 Å². The largest absolute Gasteiger partial charge is 0.287 e. The Morgan fingerprint density at radius 1 is 1.56 bits per heavy atom. The summed E-state index contributed by atoms with van der Waals surface area (Å²) < 4.78 is 12.2. The minimum Gasteiger partial charge on any atom is -0.287 e. The van der Waals surface area contributed by atoms with Crippen molar-refractivity contribution >= 4 is 6.21 Å². The minimum absolute atomic E-state index is 0.177. The number of halogens is 1. The first-order valence-electron chi connectivity index (χ1n) is 3.01. The summed E-state index contributed by atoms with van der Waals surface area (Å²) in [5.41, 5.74) is 0. The van der Waals surface area contributed by atoms with E-state index >= 15 is 0 Å². The number of hydrogen-bond donors (Lipinski definition) is 0. The molecule has 1 nitrogen and oxygen atoms in total. The van der Waals surface area contributed by atoms with Crippen LogP contribution in [0.3, 0.4) is 0 Å². The van der Waals surface area contributed by atoms with E-state index in [0.717, 1.165) is 0 Å². The van der Waals surface area contributed by atoms with Gasteiger partial charge in [0, 0.05) is 6.04 Å². The van der Waals surface area contributed by atoms with E-state index in [9.17, 15) is 4.39 Å². The van der Waals surface area contributed by atoms with Crippen LogP contribution in [-0.2, 0) is 0 Å². The molecule has 0 aliphatic heterocycles. The molecule has 0 atom stereocenters. The summed E-state index contributed by atoms with van der Waals surface area (Å²) in [7, 11) is 0. The second kappa shape index (κ2) is 4.24. The van der Waals surface area contributed by atoms with Gasteiger partial charge in [0.15, 0.2) is 0 Å². The van der Waals surface area contributed by atoms with Crippen LogP contribution >= 0.6 is 0 Å². The van der Waals surface area contributed by atoms with Crippen LogP contribution in [0.15, 0.2) is 16.9 Å². The van der Waals surface area contributed by atoms with Gasteiger partial charge in [-0.1, -0.05) is 6.08 Å². The highest BCUT2D eigenvalue weighted by atomic mass is 19.1. The first-order chi connectivity index (χ1) is 4.16. The van der Waals surface area contributed by atoms with E-state index in [4.69, 9.17) is 0 Å². The third kappa shape index (κ3) is 5.21. The van der Waals surface area contributed by atoms with Crippen LogP contribution in [0.2, 0.25) is 0 Å². The van der Waals surface area contributed by atoms with Crippen molar-refractivity contribution in [2.75, 3.05) is 0 Å². The van der Waals surface area contributed by atoms with Crippen molar-refractivity contribution in [2.24, 2.45) is 4.99 Å². The van der Waals surface area contributed by atoms with E-state index in [-0.39, 0.29) is 11.9 Å². The standard InChI is InChI=1S/C7H12FN/c1-4-7(8)5-9-6(2)3/h4-6H,1-3H3. The summed E-state index contributed by atoms with van der Waals surface area (Å²) in [4.78, 5) is 3.83. The summed E-state index contributed by atoms with van der Waals surface area (Å²) >= 11 is 0. The molecule has 0 unspecified atom stereocenters. The lowest BCUT2D eigenvalue weighted by molar-refractivity contribution is 0.680. The Morgan fingerprint density at radius 3 is 2.44 bits per heavy atom. The topological polar surface area (TPSA) is 12.4 Å². The van der Waals surface area contributed by atoms with E-state index < -0.39 is 0 Å². The van der Waals surface area contributed by atoms with Crippen LogP contribution in [-0.4, -0.2) is 12.3 Å². The molecule has 0 aliphatic rings. The molecule has 0 aliphatic carbocycles. The number of rotatable bonds is 2. The lowest BCUT2D eigenvalue weighted by Crippen LogP contribution is -1.88. The normalized spacial score (nSPS) is 13.7. The van der Waals surface area contributed by atoms with Crippen molar-refractivity contribution in [2.45, 2.75) is 26.8 Å². The second-order valence-corrected chi connectivity index (χ2v) is 2.05. The van der Waals surface area contributed by atoms with Crippen LogP contribution in [0.1, 0.15) is 20.8 Å². The fraction of sp³-hybridized carbons (Fsp3) is 0.571. The molecule has 0 bridgehead atoms. The molecule has 0 N–H and O–H groups in total. The molecule has 0 saturated heterocycles. The predicted octanol–water partition coefficient (Wildman–Crippen LogP) is 2.34. The average molecular weight is 129 g/mol. The molecule has 52 valence electrons. The number of aliphatic imine (C=N–C) groups is 1. The SMILES string of the molecule is CC=C(F)C=NC(C)C. The zero-order valence-electron chi connectivity index (χ0n) is 6.06. The van der Waals surface area contributed by atoms with E-state index in [1.54, 1.807) is 6.92 Å². The Kier molecular flexibility index (Phi) is 3.93. The molecule has 0 spiro atoms. The van der Waals surface area contributed by atoms with Gasteiger partial charge in [0.1, 0.15) is 5.83 Å². The lowest BCUT2D eigenvalue weighted by Gasteiger charge is -1.91. The molecule has 0 aromatic carbocycles. The van der Waals surface area contributed by atoms with Crippen molar-refractivity contribution in [1.82, 2.24) is 0 Å². The van der Waals surface area contributed by atoms with Crippen LogP contribution in [0.25, 0.3) is 0 Å². The Bertz CT molecular complexity index is 125. The van der Waals surface area contributed by atoms with Gasteiger partial charge in [-0.15, -0.1) is 0 Å². The van der Waals surface area contributed by atoms with Gasteiger partial charge in [-0.25, -0.2) is 4.39 Å². The maximum absolute atomic E-state index is 12.2. The number of hydrogen-bond acceptors (Lipinski definition) is 1. The second-order valence-electron chi connectivity index (χ2n) is 2.05. The quantitative estimate of drug-likeness (QED) is 0.507. The molecule has 0 aromatic heterocycles. The van der Waals surface area contributed by atoms with Gasteiger partial charge in [-0.05, 0) is 20.8 Å². The zero-order chi connectivity index (χ0) is 7.28. The van der Waals surface area contributed by atoms with Crippen molar-refractivity contribution in [1.29, 1.82) is 0 Å². The highest BCUT2D eigenvalue weighted by Crippen LogP contribution is 1.92. The predicted molar refractivity (Wildman–Crippen MR) is 38.5 cm³/mol. The monoisotopic (exact) mass is 129 g/mol. The third-order valence-corrected chi connectivity index (χ3v) is 0.772. The van der Waals surface area contributed by atoms with Gasteiger partial charge in [-0.2, -0.15) is 0 Å². The molecule has 0 fully saturated rings. The number of allylic oxidation sites excluding steroid dienone is 2. The number of nitrogens with zero attached hydrogens (tertiary/aromatic N) is 1. The van der Waals surface area contributed by atoms with Gasteiger partial charge in [0.2, 0.25) is 0 Å². The van der Waals surface area contributed by atoms with Crippen molar-refractivity contribution in [3.63, 3.8) is 0 Å². The van der Waals surface area contributed by atoms with Crippen LogP contribution in [0, 0.1) is 0 Å². The summed E-state index contributed by atoms with van der Waals surface area (Å²) in [6, 6.07) is 0.177. The summed E-state index contributed by atoms with van der Waals surface area (Å²) in [6.45, 7) is 5.44. The molecule has 2 heteroatoms. The molecule has 0 heterocycles.